The minimum Gasteiger partial charge on any atom is -0.497 e. The number of nitrogens with zero attached hydrogens (tertiary/aromatic N) is 1. The Labute approximate surface area is 121 Å². The van der Waals surface area contributed by atoms with Crippen molar-refractivity contribution < 1.29 is 13.2 Å². The van der Waals surface area contributed by atoms with E-state index in [-0.39, 0.29) is 14.8 Å². The molecule has 2 aromatic rings. The SMILES string of the molecule is COc1ccc(-c2c(S(C)(=O)=O)sc(N)c2C#N)cc1. The number of thiophene rings is 1. The number of nitriles is 1. The zero-order valence-electron chi connectivity index (χ0n) is 10.9. The Hall–Kier alpha value is -2.04. The topological polar surface area (TPSA) is 93.2 Å². The molecule has 0 fully saturated rings. The second-order valence-corrected chi connectivity index (χ2v) is 7.38. The number of methoxy groups -OCH3 is 1. The summed E-state index contributed by atoms with van der Waals surface area (Å²) in [5.41, 5.74) is 6.93. The van der Waals surface area contributed by atoms with Gasteiger partial charge in [0.1, 0.15) is 21.0 Å². The molecule has 104 valence electrons. The van der Waals surface area contributed by atoms with Gasteiger partial charge in [-0.25, -0.2) is 8.42 Å². The molecule has 5 nitrogen and oxygen atoms in total. The second-order valence-electron chi connectivity index (χ2n) is 4.12. The average molecular weight is 308 g/mol. The smallest absolute Gasteiger partial charge is 0.185 e. The summed E-state index contributed by atoms with van der Waals surface area (Å²) < 4.78 is 28.9. The second kappa shape index (κ2) is 5.15. The summed E-state index contributed by atoms with van der Waals surface area (Å²) in [6.07, 6.45) is 1.10. The minimum absolute atomic E-state index is 0.108. The molecule has 0 aliphatic rings. The molecule has 0 bridgehead atoms. The highest BCUT2D eigenvalue weighted by Crippen LogP contribution is 2.41. The third-order valence-corrected chi connectivity index (χ3v) is 5.58. The van der Waals surface area contributed by atoms with Crippen LogP contribution in [0.2, 0.25) is 0 Å². The number of ether oxygens (including phenoxy) is 1. The van der Waals surface area contributed by atoms with E-state index in [2.05, 4.69) is 0 Å². The van der Waals surface area contributed by atoms with E-state index < -0.39 is 9.84 Å². The molecule has 0 saturated carbocycles. The Morgan fingerprint density at radius 3 is 2.35 bits per heavy atom. The number of sulfone groups is 1. The van der Waals surface area contributed by atoms with Crippen LogP contribution in [0.15, 0.2) is 28.5 Å². The molecule has 2 N–H and O–H groups in total. The summed E-state index contributed by atoms with van der Waals surface area (Å²) in [5, 5.41) is 9.40. The van der Waals surface area contributed by atoms with Crippen LogP contribution in [0.5, 0.6) is 5.75 Å². The van der Waals surface area contributed by atoms with Crippen LogP contribution in [0, 0.1) is 11.3 Å². The summed E-state index contributed by atoms with van der Waals surface area (Å²) in [4.78, 5) is 0. The molecule has 7 heteroatoms. The van der Waals surface area contributed by atoms with Gasteiger partial charge in [-0.05, 0) is 17.7 Å². The van der Waals surface area contributed by atoms with Gasteiger partial charge in [-0.3, -0.25) is 0 Å². The maximum atomic E-state index is 11.9. The van der Waals surface area contributed by atoms with Gasteiger partial charge in [0.25, 0.3) is 0 Å². The molecule has 1 heterocycles. The first-order valence-electron chi connectivity index (χ1n) is 5.55. The summed E-state index contributed by atoms with van der Waals surface area (Å²) in [7, 11) is -1.91. The zero-order chi connectivity index (χ0) is 14.9. The van der Waals surface area contributed by atoms with Crippen molar-refractivity contribution in [2.24, 2.45) is 0 Å². The third-order valence-electron chi connectivity index (χ3n) is 2.73. The largest absolute Gasteiger partial charge is 0.497 e. The number of nitrogen functional groups attached to an aromatic ring is 1. The number of hydrogen-bond acceptors (Lipinski definition) is 6. The quantitative estimate of drug-likeness (QED) is 0.939. The van der Waals surface area contributed by atoms with Gasteiger partial charge in [0.05, 0.1) is 12.7 Å². The average Bonchev–Trinajstić information content (AvgIpc) is 2.75. The fourth-order valence-corrected chi connectivity index (χ4v) is 4.06. The highest BCUT2D eigenvalue weighted by atomic mass is 32.2. The summed E-state index contributed by atoms with van der Waals surface area (Å²) in [5.74, 6) is 0.649. The Bertz CT molecular complexity index is 784. The van der Waals surface area contributed by atoms with Crippen molar-refractivity contribution in [1.29, 1.82) is 5.26 Å². The molecule has 1 aromatic heterocycles. The molecule has 0 amide bonds. The highest BCUT2D eigenvalue weighted by Gasteiger charge is 2.24. The standard InChI is InChI=1S/C13H12N2O3S2/c1-18-9-5-3-8(4-6-9)11-10(7-14)12(15)19-13(11)20(2,16)17/h3-6H,15H2,1-2H3. The summed E-state index contributed by atoms with van der Waals surface area (Å²) in [6, 6.07) is 8.79. The van der Waals surface area contributed by atoms with Gasteiger partial charge >= 0.3 is 0 Å². The number of nitrogens with two attached hydrogens (primary N) is 1. The predicted molar refractivity (Wildman–Crippen MR) is 78.5 cm³/mol. The van der Waals surface area contributed by atoms with E-state index in [1.807, 2.05) is 6.07 Å². The Morgan fingerprint density at radius 2 is 1.90 bits per heavy atom. The fraction of sp³-hybridized carbons (Fsp3) is 0.154. The van der Waals surface area contributed by atoms with E-state index in [1.54, 1.807) is 31.4 Å². The normalized spacial score (nSPS) is 11.1. The van der Waals surface area contributed by atoms with Crippen LogP contribution in [0.4, 0.5) is 5.00 Å². The first kappa shape index (κ1) is 14.4. The molecule has 0 unspecified atom stereocenters. The Kier molecular flexibility index (Phi) is 3.70. The number of benzene rings is 1. The van der Waals surface area contributed by atoms with Gasteiger partial charge in [-0.2, -0.15) is 5.26 Å². The van der Waals surface area contributed by atoms with Crippen LogP contribution in [-0.4, -0.2) is 21.8 Å². The third kappa shape index (κ3) is 2.48. The van der Waals surface area contributed by atoms with E-state index >= 15 is 0 Å². The summed E-state index contributed by atoms with van der Waals surface area (Å²) in [6.45, 7) is 0. The molecule has 0 radical (unpaired) electrons. The zero-order valence-corrected chi connectivity index (χ0v) is 12.5. The van der Waals surface area contributed by atoms with Crippen molar-refractivity contribution in [2.75, 3.05) is 19.1 Å². The fourth-order valence-electron chi connectivity index (χ4n) is 1.82. The molecule has 0 aliphatic heterocycles. The van der Waals surface area contributed by atoms with Crippen molar-refractivity contribution in [3.05, 3.63) is 29.8 Å². The molecule has 0 spiro atoms. The first-order chi connectivity index (χ1) is 9.38. The van der Waals surface area contributed by atoms with Crippen molar-refractivity contribution >= 4 is 26.2 Å². The minimum atomic E-state index is -3.45. The van der Waals surface area contributed by atoms with Gasteiger partial charge in [-0.15, -0.1) is 11.3 Å². The lowest BCUT2D eigenvalue weighted by atomic mass is 10.0. The van der Waals surface area contributed by atoms with E-state index in [1.165, 1.54) is 0 Å². The van der Waals surface area contributed by atoms with Crippen molar-refractivity contribution in [3.63, 3.8) is 0 Å². The maximum absolute atomic E-state index is 11.9. The van der Waals surface area contributed by atoms with Crippen LogP contribution >= 0.6 is 11.3 Å². The Balaban J connectivity index is 2.74. The van der Waals surface area contributed by atoms with E-state index in [9.17, 15) is 13.7 Å². The van der Waals surface area contributed by atoms with Crippen molar-refractivity contribution in [3.8, 4) is 22.9 Å². The van der Waals surface area contributed by atoms with E-state index in [0.717, 1.165) is 17.6 Å². The number of anilines is 1. The molecular formula is C13H12N2O3S2. The lowest BCUT2D eigenvalue weighted by Crippen LogP contribution is -1.96. The van der Waals surface area contributed by atoms with Gasteiger partial charge < -0.3 is 10.5 Å². The molecule has 20 heavy (non-hydrogen) atoms. The van der Waals surface area contributed by atoms with Gasteiger partial charge in [0.15, 0.2) is 9.84 Å². The molecule has 2 rings (SSSR count). The molecule has 0 saturated heterocycles. The molecule has 1 aromatic carbocycles. The van der Waals surface area contributed by atoms with Crippen LogP contribution < -0.4 is 10.5 Å². The van der Waals surface area contributed by atoms with Crippen molar-refractivity contribution in [1.82, 2.24) is 0 Å². The first-order valence-corrected chi connectivity index (χ1v) is 8.26. The van der Waals surface area contributed by atoms with Crippen LogP contribution in [0.3, 0.4) is 0 Å². The molecular weight excluding hydrogens is 296 g/mol. The maximum Gasteiger partial charge on any atom is 0.185 e. The molecule has 0 aliphatic carbocycles. The highest BCUT2D eigenvalue weighted by molar-refractivity contribution is 7.93. The number of rotatable bonds is 3. The van der Waals surface area contributed by atoms with Crippen LogP contribution in [0.1, 0.15) is 5.56 Å². The predicted octanol–water partition coefficient (Wildman–Crippen LogP) is 2.28. The monoisotopic (exact) mass is 308 g/mol. The van der Waals surface area contributed by atoms with E-state index in [0.29, 0.717) is 16.9 Å². The Morgan fingerprint density at radius 1 is 1.30 bits per heavy atom. The van der Waals surface area contributed by atoms with Crippen LogP contribution in [-0.2, 0) is 9.84 Å². The van der Waals surface area contributed by atoms with Crippen LogP contribution in [0.25, 0.3) is 11.1 Å². The van der Waals surface area contributed by atoms with Gasteiger partial charge in [-0.1, -0.05) is 12.1 Å². The number of hydrogen-bond donors (Lipinski definition) is 1. The van der Waals surface area contributed by atoms with E-state index in [4.69, 9.17) is 10.5 Å². The van der Waals surface area contributed by atoms with Gasteiger partial charge in [0, 0.05) is 11.8 Å². The lowest BCUT2D eigenvalue weighted by Gasteiger charge is -2.05. The lowest BCUT2D eigenvalue weighted by molar-refractivity contribution is 0.415. The summed E-state index contributed by atoms with van der Waals surface area (Å²) >= 11 is 0.913. The van der Waals surface area contributed by atoms with Crippen molar-refractivity contribution in [2.45, 2.75) is 4.21 Å². The van der Waals surface area contributed by atoms with Gasteiger partial charge in [0.2, 0.25) is 0 Å². The molecule has 0 atom stereocenters.